The van der Waals surface area contributed by atoms with Crippen LogP contribution in [0.3, 0.4) is 0 Å². The van der Waals surface area contributed by atoms with E-state index in [0.717, 1.165) is 16.5 Å². The van der Waals surface area contributed by atoms with Crippen molar-refractivity contribution in [2.24, 2.45) is 0 Å². The molecule has 0 aliphatic carbocycles. The van der Waals surface area contributed by atoms with E-state index in [-0.39, 0.29) is 13.2 Å². The summed E-state index contributed by atoms with van der Waals surface area (Å²) in [7, 11) is 0. The van der Waals surface area contributed by atoms with Gasteiger partial charge in [0.15, 0.2) is 0 Å². The molecule has 0 aliphatic rings. The number of aliphatic hydroxyl groups excluding tert-OH is 2. The molecule has 0 spiro atoms. The Morgan fingerprint density at radius 2 is 1.76 bits per heavy atom. The van der Waals surface area contributed by atoms with Gasteiger partial charge in [0, 0.05) is 10.9 Å². The van der Waals surface area contributed by atoms with Crippen LogP contribution in [0.5, 0.6) is 11.6 Å². The van der Waals surface area contributed by atoms with E-state index < -0.39 is 0 Å². The number of benzene rings is 2. The van der Waals surface area contributed by atoms with Gasteiger partial charge in [-0.15, -0.1) is 0 Å². The standard InChI is InChI=1S/C17H15NO3/c19-10-12-4-3-6-15(8-12)21-17-14(11-20)9-13-5-1-2-7-16(13)18-17/h1-9,19-20H,10-11H2. The van der Waals surface area contributed by atoms with Crippen molar-refractivity contribution in [3.63, 3.8) is 0 Å². The zero-order chi connectivity index (χ0) is 14.7. The van der Waals surface area contributed by atoms with Crippen LogP contribution in [-0.2, 0) is 13.2 Å². The molecule has 3 aromatic rings. The first kappa shape index (κ1) is 13.5. The lowest BCUT2D eigenvalue weighted by atomic mass is 10.1. The molecule has 4 nitrogen and oxygen atoms in total. The molecule has 106 valence electrons. The summed E-state index contributed by atoms with van der Waals surface area (Å²) in [5.74, 6) is 0.963. The fourth-order valence-corrected chi connectivity index (χ4v) is 2.16. The molecule has 0 atom stereocenters. The zero-order valence-electron chi connectivity index (χ0n) is 11.4. The van der Waals surface area contributed by atoms with Gasteiger partial charge in [-0.3, -0.25) is 0 Å². The Morgan fingerprint density at radius 1 is 0.905 bits per heavy atom. The lowest BCUT2D eigenvalue weighted by molar-refractivity contribution is 0.274. The molecule has 2 aromatic carbocycles. The van der Waals surface area contributed by atoms with Gasteiger partial charge in [-0.1, -0.05) is 30.3 Å². The van der Waals surface area contributed by atoms with Crippen molar-refractivity contribution in [2.75, 3.05) is 0 Å². The summed E-state index contributed by atoms with van der Waals surface area (Å²) >= 11 is 0. The molecule has 0 amide bonds. The highest BCUT2D eigenvalue weighted by Gasteiger charge is 2.09. The van der Waals surface area contributed by atoms with Crippen molar-refractivity contribution < 1.29 is 14.9 Å². The maximum Gasteiger partial charge on any atom is 0.225 e. The van der Waals surface area contributed by atoms with Crippen LogP contribution in [0.15, 0.2) is 54.6 Å². The average Bonchev–Trinajstić information content (AvgIpc) is 2.54. The minimum atomic E-state index is -0.146. The highest BCUT2D eigenvalue weighted by molar-refractivity contribution is 5.80. The summed E-state index contributed by atoms with van der Waals surface area (Å²) in [5.41, 5.74) is 2.20. The third-order valence-electron chi connectivity index (χ3n) is 3.23. The second-order valence-electron chi connectivity index (χ2n) is 4.71. The molecule has 0 saturated heterocycles. The van der Waals surface area contributed by atoms with E-state index in [2.05, 4.69) is 4.98 Å². The van der Waals surface area contributed by atoms with Crippen LogP contribution >= 0.6 is 0 Å². The number of pyridine rings is 1. The van der Waals surface area contributed by atoms with Gasteiger partial charge >= 0.3 is 0 Å². The first-order valence-corrected chi connectivity index (χ1v) is 6.67. The number of hydrogen-bond donors (Lipinski definition) is 2. The van der Waals surface area contributed by atoms with E-state index in [9.17, 15) is 5.11 Å². The number of fused-ring (bicyclic) bond motifs is 1. The smallest absolute Gasteiger partial charge is 0.225 e. The first-order valence-electron chi connectivity index (χ1n) is 6.67. The molecule has 0 bridgehead atoms. The normalized spacial score (nSPS) is 10.8. The van der Waals surface area contributed by atoms with E-state index in [1.807, 2.05) is 36.4 Å². The molecule has 0 saturated carbocycles. The van der Waals surface area contributed by atoms with Gasteiger partial charge in [-0.2, -0.15) is 0 Å². The number of aliphatic hydroxyl groups is 2. The minimum Gasteiger partial charge on any atom is -0.439 e. The van der Waals surface area contributed by atoms with Crippen LogP contribution in [0.4, 0.5) is 0 Å². The zero-order valence-corrected chi connectivity index (χ0v) is 11.4. The van der Waals surface area contributed by atoms with Crippen molar-refractivity contribution >= 4 is 10.9 Å². The van der Waals surface area contributed by atoms with Gasteiger partial charge in [0.05, 0.1) is 18.7 Å². The summed E-state index contributed by atoms with van der Waals surface area (Å²) < 4.78 is 5.77. The van der Waals surface area contributed by atoms with E-state index in [1.54, 1.807) is 18.2 Å². The Balaban J connectivity index is 2.02. The number of aromatic nitrogens is 1. The highest BCUT2D eigenvalue weighted by atomic mass is 16.5. The van der Waals surface area contributed by atoms with Gasteiger partial charge < -0.3 is 14.9 Å². The molecule has 0 aliphatic heterocycles. The highest BCUT2D eigenvalue weighted by Crippen LogP contribution is 2.27. The molecular formula is C17H15NO3. The van der Waals surface area contributed by atoms with E-state index in [0.29, 0.717) is 17.2 Å². The molecule has 0 unspecified atom stereocenters. The lowest BCUT2D eigenvalue weighted by Crippen LogP contribution is -1.96. The molecule has 3 rings (SSSR count). The van der Waals surface area contributed by atoms with E-state index in [1.165, 1.54) is 0 Å². The average molecular weight is 281 g/mol. The van der Waals surface area contributed by atoms with Crippen molar-refractivity contribution in [1.29, 1.82) is 0 Å². The molecule has 21 heavy (non-hydrogen) atoms. The monoisotopic (exact) mass is 281 g/mol. The van der Waals surface area contributed by atoms with Crippen LogP contribution in [0.25, 0.3) is 10.9 Å². The van der Waals surface area contributed by atoms with Crippen LogP contribution in [0.1, 0.15) is 11.1 Å². The van der Waals surface area contributed by atoms with E-state index >= 15 is 0 Å². The Kier molecular flexibility index (Phi) is 3.81. The van der Waals surface area contributed by atoms with Crippen LogP contribution in [0, 0.1) is 0 Å². The van der Waals surface area contributed by atoms with Crippen molar-refractivity contribution in [1.82, 2.24) is 4.98 Å². The third-order valence-corrected chi connectivity index (χ3v) is 3.23. The Morgan fingerprint density at radius 3 is 2.57 bits per heavy atom. The number of nitrogens with zero attached hydrogens (tertiary/aromatic N) is 1. The summed E-state index contributed by atoms with van der Waals surface area (Å²) in [4.78, 5) is 4.45. The number of ether oxygens (including phenoxy) is 1. The quantitative estimate of drug-likeness (QED) is 0.771. The SMILES string of the molecule is OCc1cccc(Oc2nc3ccccc3cc2CO)c1. The number of para-hydroxylation sites is 1. The Labute approximate surface area is 122 Å². The fraction of sp³-hybridized carbons (Fsp3) is 0.118. The predicted octanol–water partition coefficient (Wildman–Crippen LogP) is 3.01. The van der Waals surface area contributed by atoms with Crippen molar-refractivity contribution in [2.45, 2.75) is 13.2 Å². The maximum absolute atomic E-state index is 9.50. The molecule has 0 fully saturated rings. The molecule has 1 aromatic heterocycles. The Bertz CT molecular complexity index is 771. The first-order chi connectivity index (χ1) is 10.3. The summed E-state index contributed by atoms with van der Waals surface area (Å²) in [6.45, 7) is -0.192. The summed E-state index contributed by atoms with van der Waals surface area (Å²) in [5, 5.41) is 19.6. The molecule has 1 heterocycles. The minimum absolute atomic E-state index is 0.0464. The van der Waals surface area contributed by atoms with Crippen LogP contribution in [0.2, 0.25) is 0 Å². The van der Waals surface area contributed by atoms with Crippen LogP contribution in [-0.4, -0.2) is 15.2 Å². The Hall–Kier alpha value is -2.43. The van der Waals surface area contributed by atoms with Gasteiger partial charge in [-0.25, -0.2) is 4.98 Å². The van der Waals surface area contributed by atoms with E-state index in [4.69, 9.17) is 9.84 Å². The van der Waals surface area contributed by atoms with Gasteiger partial charge in [0.1, 0.15) is 5.75 Å². The second kappa shape index (κ2) is 5.91. The van der Waals surface area contributed by atoms with Gasteiger partial charge in [-0.05, 0) is 29.8 Å². The van der Waals surface area contributed by atoms with Gasteiger partial charge in [0.25, 0.3) is 0 Å². The summed E-state index contributed by atoms with van der Waals surface area (Å²) in [6, 6.07) is 16.7. The predicted molar refractivity (Wildman–Crippen MR) is 80.1 cm³/mol. The lowest BCUT2D eigenvalue weighted by Gasteiger charge is -2.11. The van der Waals surface area contributed by atoms with Gasteiger partial charge in [0.2, 0.25) is 5.88 Å². The summed E-state index contributed by atoms with van der Waals surface area (Å²) in [6.07, 6.45) is 0. The molecule has 2 N–H and O–H groups in total. The largest absolute Gasteiger partial charge is 0.439 e. The molecule has 0 radical (unpaired) electrons. The maximum atomic E-state index is 9.50. The second-order valence-corrected chi connectivity index (χ2v) is 4.71. The molecule has 4 heteroatoms. The number of hydrogen-bond acceptors (Lipinski definition) is 4. The van der Waals surface area contributed by atoms with Crippen molar-refractivity contribution in [3.8, 4) is 11.6 Å². The topological polar surface area (TPSA) is 62.6 Å². The third kappa shape index (κ3) is 2.86. The number of rotatable bonds is 4. The van der Waals surface area contributed by atoms with Crippen molar-refractivity contribution in [3.05, 3.63) is 65.7 Å². The fourth-order valence-electron chi connectivity index (χ4n) is 2.16. The molecular weight excluding hydrogens is 266 g/mol. The van der Waals surface area contributed by atoms with Crippen LogP contribution < -0.4 is 4.74 Å².